The minimum absolute atomic E-state index is 0.0763. The Morgan fingerprint density at radius 1 is 1.16 bits per heavy atom. The second-order valence-corrected chi connectivity index (χ2v) is 6.47. The number of hydrogen-bond acceptors (Lipinski definition) is 2. The summed E-state index contributed by atoms with van der Waals surface area (Å²) in [4.78, 5) is 26.4. The molecule has 2 aromatic carbocycles. The summed E-state index contributed by atoms with van der Waals surface area (Å²) in [6, 6.07) is 13.2. The number of rotatable bonds is 3. The predicted octanol–water partition coefficient (Wildman–Crippen LogP) is 3.68. The standard InChI is InChI=1S/C20H21FN2O2/c1-13-7-9-14(10-8-13)22-20(25)16-11-12-18(24)23(2)19(16)15-5-3-4-6-17(15)21/h3-10,16,19H,11-12H2,1-2H3,(H,22,25)/t16-,19+/m0/s1. The molecule has 1 saturated heterocycles. The third-order valence-corrected chi connectivity index (χ3v) is 4.74. The zero-order chi connectivity index (χ0) is 18.0. The van der Waals surface area contributed by atoms with Gasteiger partial charge in [-0.2, -0.15) is 0 Å². The topological polar surface area (TPSA) is 49.4 Å². The number of likely N-dealkylation sites (tertiary alicyclic amines) is 1. The van der Waals surface area contributed by atoms with Crippen LogP contribution in [0.3, 0.4) is 0 Å². The van der Waals surface area contributed by atoms with Gasteiger partial charge in [0.05, 0.1) is 12.0 Å². The molecular formula is C20H21FN2O2. The number of anilines is 1. The molecule has 0 radical (unpaired) electrons. The van der Waals surface area contributed by atoms with Crippen LogP contribution in [0.25, 0.3) is 0 Å². The van der Waals surface area contributed by atoms with Gasteiger partial charge in [-0.05, 0) is 31.5 Å². The molecule has 0 unspecified atom stereocenters. The highest BCUT2D eigenvalue weighted by Gasteiger charge is 2.40. The van der Waals surface area contributed by atoms with Gasteiger partial charge in [0, 0.05) is 24.7 Å². The minimum Gasteiger partial charge on any atom is -0.338 e. The molecule has 130 valence electrons. The monoisotopic (exact) mass is 340 g/mol. The normalized spacial score (nSPS) is 20.4. The number of nitrogens with one attached hydrogen (secondary N) is 1. The van der Waals surface area contributed by atoms with Gasteiger partial charge < -0.3 is 10.2 Å². The quantitative estimate of drug-likeness (QED) is 0.926. The van der Waals surface area contributed by atoms with Crippen LogP contribution in [0.5, 0.6) is 0 Å². The summed E-state index contributed by atoms with van der Waals surface area (Å²) in [5, 5.41) is 2.89. The van der Waals surface area contributed by atoms with E-state index < -0.39 is 17.8 Å². The highest BCUT2D eigenvalue weighted by atomic mass is 19.1. The van der Waals surface area contributed by atoms with E-state index in [0.717, 1.165) is 5.56 Å². The van der Waals surface area contributed by atoms with Crippen molar-refractivity contribution in [1.82, 2.24) is 4.90 Å². The van der Waals surface area contributed by atoms with Crippen LogP contribution in [0, 0.1) is 18.7 Å². The smallest absolute Gasteiger partial charge is 0.229 e. The van der Waals surface area contributed by atoms with Crippen LogP contribution in [0.2, 0.25) is 0 Å². The third kappa shape index (κ3) is 3.55. The van der Waals surface area contributed by atoms with Gasteiger partial charge in [-0.3, -0.25) is 9.59 Å². The molecule has 5 heteroatoms. The first-order chi connectivity index (χ1) is 12.0. The van der Waals surface area contributed by atoms with Crippen molar-refractivity contribution < 1.29 is 14.0 Å². The van der Waals surface area contributed by atoms with Gasteiger partial charge in [0.1, 0.15) is 5.82 Å². The van der Waals surface area contributed by atoms with Crippen molar-refractivity contribution in [2.75, 3.05) is 12.4 Å². The van der Waals surface area contributed by atoms with E-state index in [9.17, 15) is 14.0 Å². The largest absolute Gasteiger partial charge is 0.338 e. The lowest BCUT2D eigenvalue weighted by molar-refractivity contribution is -0.140. The zero-order valence-electron chi connectivity index (χ0n) is 14.3. The maximum absolute atomic E-state index is 14.3. The zero-order valence-corrected chi connectivity index (χ0v) is 14.3. The Kier molecular flexibility index (Phi) is 4.83. The van der Waals surface area contributed by atoms with E-state index in [2.05, 4.69) is 5.32 Å². The van der Waals surface area contributed by atoms with Gasteiger partial charge in [0.2, 0.25) is 11.8 Å². The van der Waals surface area contributed by atoms with Crippen LogP contribution in [0.1, 0.15) is 30.0 Å². The molecule has 0 aliphatic carbocycles. The highest BCUT2D eigenvalue weighted by Crippen LogP contribution is 2.37. The van der Waals surface area contributed by atoms with Crippen molar-refractivity contribution in [2.24, 2.45) is 5.92 Å². The van der Waals surface area contributed by atoms with Crippen LogP contribution >= 0.6 is 0 Å². The number of carbonyl (C=O) groups excluding carboxylic acids is 2. The Labute approximate surface area is 146 Å². The molecule has 25 heavy (non-hydrogen) atoms. The van der Waals surface area contributed by atoms with Crippen molar-refractivity contribution in [3.05, 3.63) is 65.5 Å². The first-order valence-electron chi connectivity index (χ1n) is 8.35. The fourth-order valence-corrected chi connectivity index (χ4v) is 3.32. The molecule has 1 heterocycles. The van der Waals surface area contributed by atoms with Crippen molar-refractivity contribution in [3.8, 4) is 0 Å². The Balaban J connectivity index is 1.89. The fourth-order valence-electron chi connectivity index (χ4n) is 3.32. The fraction of sp³-hybridized carbons (Fsp3) is 0.300. The molecule has 0 spiro atoms. The van der Waals surface area contributed by atoms with Crippen LogP contribution in [0.4, 0.5) is 10.1 Å². The molecule has 1 aliphatic rings. The van der Waals surface area contributed by atoms with Crippen molar-refractivity contribution >= 4 is 17.5 Å². The number of benzene rings is 2. The lowest BCUT2D eigenvalue weighted by Crippen LogP contribution is -2.44. The van der Waals surface area contributed by atoms with E-state index in [-0.39, 0.29) is 18.2 Å². The van der Waals surface area contributed by atoms with E-state index in [1.807, 2.05) is 31.2 Å². The van der Waals surface area contributed by atoms with E-state index in [1.165, 1.54) is 11.0 Å². The summed E-state index contributed by atoms with van der Waals surface area (Å²) in [5.41, 5.74) is 2.18. The summed E-state index contributed by atoms with van der Waals surface area (Å²) in [5.74, 6) is -1.17. The number of amides is 2. The number of hydrogen-bond donors (Lipinski definition) is 1. The van der Waals surface area contributed by atoms with Crippen molar-refractivity contribution in [1.29, 1.82) is 0 Å². The maximum Gasteiger partial charge on any atom is 0.229 e. The summed E-state index contributed by atoms with van der Waals surface area (Å²) in [6.07, 6.45) is 0.688. The van der Waals surface area contributed by atoms with E-state index in [1.54, 1.807) is 25.2 Å². The summed E-state index contributed by atoms with van der Waals surface area (Å²) >= 11 is 0. The second-order valence-electron chi connectivity index (χ2n) is 6.47. The first kappa shape index (κ1) is 17.1. The number of carbonyl (C=O) groups is 2. The average Bonchev–Trinajstić information content (AvgIpc) is 2.60. The third-order valence-electron chi connectivity index (χ3n) is 4.74. The molecule has 1 N–H and O–H groups in total. The molecule has 0 aromatic heterocycles. The van der Waals surface area contributed by atoms with Gasteiger partial charge in [0.15, 0.2) is 0 Å². The Morgan fingerprint density at radius 3 is 2.52 bits per heavy atom. The van der Waals surface area contributed by atoms with E-state index >= 15 is 0 Å². The lowest BCUT2D eigenvalue weighted by Gasteiger charge is -2.38. The predicted molar refractivity (Wildman–Crippen MR) is 94.4 cm³/mol. The van der Waals surface area contributed by atoms with Crippen LogP contribution in [0.15, 0.2) is 48.5 Å². The molecule has 2 aromatic rings. The highest BCUT2D eigenvalue weighted by molar-refractivity contribution is 5.94. The molecule has 3 rings (SSSR count). The molecular weight excluding hydrogens is 319 g/mol. The van der Waals surface area contributed by atoms with Crippen LogP contribution in [-0.4, -0.2) is 23.8 Å². The lowest BCUT2D eigenvalue weighted by atomic mass is 9.83. The number of aryl methyl sites for hydroxylation is 1. The van der Waals surface area contributed by atoms with Gasteiger partial charge in [-0.25, -0.2) is 4.39 Å². The molecule has 0 bridgehead atoms. The molecule has 4 nitrogen and oxygen atoms in total. The van der Waals surface area contributed by atoms with E-state index in [4.69, 9.17) is 0 Å². The van der Waals surface area contributed by atoms with Crippen LogP contribution < -0.4 is 5.32 Å². The average molecular weight is 340 g/mol. The van der Waals surface area contributed by atoms with Gasteiger partial charge in [0.25, 0.3) is 0 Å². The minimum atomic E-state index is -0.604. The number of piperidine rings is 1. The summed E-state index contributed by atoms with van der Waals surface area (Å²) in [7, 11) is 1.63. The Morgan fingerprint density at radius 2 is 1.84 bits per heavy atom. The number of halogens is 1. The molecule has 2 amide bonds. The SMILES string of the molecule is Cc1ccc(NC(=O)[C@H]2CCC(=O)N(C)[C@@H]2c2ccccc2F)cc1. The Bertz CT molecular complexity index is 789. The molecule has 0 saturated carbocycles. The molecule has 1 fully saturated rings. The van der Waals surface area contributed by atoms with Gasteiger partial charge in [-0.15, -0.1) is 0 Å². The van der Waals surface area contributed by atoms with Crippen molar-refractivity contribution in [3.63, 3.8) is 0 Å². The van der Waals surface area contributed by atoms with E-state index in [0.29, 0.717) is 17.7 Å². The van der Waals surface area contributed by atoms with Gasteiger partial charge in [-0.1, -0.05) is 35.9 Å². The second kappa shape index (κ2) is 7.05. The summed E-state index contributed by atoms with van der Waals surface area (Å²) in [6.45, 7) is 1.97. The van der Waals surface area contributed by atoms with Crippen molar-refractivity contribution in [2.45, 2.75) is 25.8 Å². The maximum atomic E-state index is 14.3. The molecule has 1 aliphatic heterocycles. The number of nitrogens with zero attached hydrogens (tertiary/aromatic N) is 1. The van der Waals surface area contributed by atoms with Gasteiger partial charge >= 0.3 is 0 Å². The first-order valence-corrected chi connectivity index (χ1v) is 8.35. The van der Waals surface area contributed by atoms with Crippen LogP contribution in [-0.2, 0) is 9.59 Å². The molecule has 2 atom stereocenters. The summed E-state index contributed by atoms with van der Waals surface area (Å²) < 4.78 is 14.3. The Hall–Kier alpha value is -2.69.